The quantitative estimate of drug-likeness (QED) is 0.150. The van der Waals surface area contributed by atoms with E-state index in [0.717, 1.165) is 90.1 Å². The Balaban J connectivity index is 1.05. The predicted octanol–water partition coefficient (Wildman–Crippen LogP) is 16.2. The van der Waals surface area contributed by atoms with Crippen LogP contribution in [0.4, 0.5) is 0 Å². The molecule has 5 heteroatoms. The lowest BCUT2D eigenvalue weighted by atomic mass is 9.94. The van der Waals surface area contributed by atoms with Gasteiger partial charge in [0.05, 0.1) is 28.7 Å². The molecule has 3 heterocycles. The van der Waals surface area contributed by atoms with Crippen molar-refractivity contribution in [3.8, 4) is 62.8 Å². The van der Waals surface area contributed by atoms with Gasteiger partial charge >= 0.3 is 0 Å². The average Bonchev–Trinajstić information content (AvgIpc) is 3.84. The Morgan fingerprint density at radius 2 is 1.11 bits per heavy atom. The molecule has 0 aliphatic heterocycles. The molecule has 5 nitrogen and oxygen atoms in total. The zero-order valence-corrected chi connectivity index (χ0v) is 38.7. The monoisotopic (exact) mass is 905 g/mol. The van der Waals surface area contributed by atoms with Crippen LogP contribution < -0.4 is 0 Å². The van der Waals surface area contributed by atoms with Crippen LogP contribution in [0.2, 0.25) is 0 Å². The molecule has 2 aliphatic rings. The Morgan fingerprint density at radius 1 is 0.451 bits per heavy atom. The van der Waals surface area contributed by atoms with Crippen molar-refractivity contribution in [1.29, 1.82) is 0 Å². The van der Waals surface area contributed by atoms with Crippen LogP contribution in [0.1, 0.15) is 29.7 Å². The molecule has 0 unspecified atom stereocenters. The van der Waals surface area contributed by atoms with Crippen LogP contribution in [-0.4, -0.2) is 24.1 Å². The van der Waals surface area contributed by atoms with Gasteiger partial charge in [-0.05, 0) is 99.1 Å². The van der Waals surface area contributed by atoms with Gasteiger partial charge in [0.25, 0.3) is 0 Å². The van der Waals surface area contributed by atoms with Crippen molar-refractivity contribution in [2.75, 3.05) is 0 Å². The van der Waals surface area contributed by atoms with Gasteiger partial charge in [-0.2, -0.15) is 0 Å². The summed E-state index contributed by atoms with van der Waals surface area (Å²) in [5.74, 6) is 8.73. The van der Waals surface area contributed by atoms with Crippen LogP contribution in [0.15, 0.2) is 218 Å². The number of aromatic nitrogens is 5. The molecule has 2 aliphatic carbocycles. The molecule has 9 aromatic carbocycles. The molecule has 3 aromatic heterocycles. The lowest BCUT2D eigenvalue weighted by Gasteiger charge is -2.19. The van der Waals surface area contributed by atoms with Gasteiger partial charge < -0.3 is 9.13 Å². The largest absolute Gasteiger partial charge is 0.310 e. The number of hydrogen-bond donors (Lipinski definition) is 0. The van der Waals surface area contributed by atoms with E-state index in [2.05, 4.69) is 245 Å². The lowest BCUT2D eigenvalue weighted by Crippen LogP contribution is -2.07. The molecule has 0 saturated heterocycles. The summed E-state index contributed by atoms with van der Waals surface area (Å²) >= 11 is 0. The highest BCUT2D eigenvalue weighted by Gasteiger charge is 2.27. The van der Waals surface area contributed by atoms with Crippen LogP contribution in [0.25, 0.3) is 123 Å². The first-order chi connectivity index (χ1) is 35.2. The standard InChI is InChI=1S/C66H43N5/c1-3-19-43(20-4-1)47-25-9-10-26-49(42-47)70-59-34-15-13-30-54(59)56-32-18-36-61(63(56)70)71-60-35-16-14-29-53(60)55-31-17-33-58(62(55)71)66-68-64(48-38-37-44-21-7-8-24-46(44)41-48)67-65(69-66)57-40-39-50(45-22-5-2-6-23-45)51-27-11-12-28-52(51)57/h1-8,11-15,17-25,27-34,36-42H,16,26,35H2. The van der Waals surface area contributed by atoms with E-state index >= 15 is 0 Å². The number of nitrogens with zero attached hydrogens (tertiary/aromatic N) is 5. The lowest BCUT2D eigenvalue weighted by molar-refractivity contribution is 0.889. The topological polar surface area (TPSA) is 48.5 Å². The molecule has 0 fully saturated rings. The van der Waals surface area contributed by atoms with Crippen molar-refractivity contribution >= 4 is 71.6 Å². The van der Waals surface area contributed by atoms with E-state index in [4.69, 9.17) is 15.0 Å². The highest BCUT2D eigenvalue weighted by atomic mass is 15.1. The van der Waals surface area contributed by atoms with E-state index in [1.54, 1.807) is 0 Å². The van der Waals surface area contributed by atoms with Gasteiger partial charge in [0.2, 0.25) is 0 Å². The van der Waals surface area contributed by atoms with E-state index in [-0.39, 0.29) is 0 Å². The van der Waals surface area contributed by atoms with E-state index in [1.165, 1.54) is 38.5 Å². The first-order valence-corrected chi connectivity index (χ1v) is 24.4. The molecule has 12 aromatic rings. The number of allylic oxidation sites excluding steroid dienone is 5. The first kappa shape index (κ1) is 40.7. The van der Waals surface area contributed by atoms with Crippen LogP contribution in [0.3, 0.4) is 0 Å². The summed E-state index contributed by atoms with van der Waals surface area (Å²) in [6.07, 6.45) is 11.4. The zero-order valence-electron chi connectivity index (χ0n) is 38.7. The van der Waals surface area contributed by atoms with Gasteiger partial charge in [0, 0.05) is 49.8 Å². The van der Waals surface area contributed by atoms with Crippen molar-refractivity contribution in [3.63, 3.8) is 0 Å². The maximum absolute atomic E-state index is 5.55. The molecule has 71 heavy (non-hydrogen) atoms. The van der Waals surface area contributed by atoms with Gasteiger partial charge in [0.1, 0.15) is 0 Å². The molecule has 0 bridgehead atoms. The number of fused-ring (bicyclic) bond motifs is 8. The molecule has 332 valence electrons. The number of para-hydroxylation sites is 3. The Labute approximate surface area is 411 Å². The van der Waals surface area contributed by atoms with Crippen molar-refractivity contribution in [2.24, 2.45) is 0 Å². The van der Waals surface area contributed by atoms with E-state index in [9.17, 15) is 0 Å². The van der Waals surface area contributed by atoms with Crippen LogP contribution >= 0.6 is 0 Å². The van der Waals surface area contributed by atoms with Crippen LogP contribution in [0, 0.1) is 11.8 Å². The Hall–Kier alpha value is -9.37. The smallest absolute Gasteiger partial charge is 0.166 e. The van der Waals surface area contributed by atoms with Crippen molar-refractivity contribution < 1.29 is 0 Å². The third-order valence-electron chi connectivity index (χ3n) is 14.3. The van der Waals surface area contributed by atoms with Crippen molar-refractivity contribution in [2.45, 2.75) is 19.3 Å². The third kappa shape index (κ3) is 6.76. The minimum Gasteiger partial charge on any atom is -0.310 e. The maximum atomic E-state index is 5.55. The minimum atomic E-state index is 0.597. The number of rotatable bonds is 7. The molecule has 0 atom stereocenters. The summed E-state index contributed by atoms with van der Waals surface area (Å²) < 4.78 is 5.00. The Morgan fingerprint density at radius 3 is 1.96 bits per heavy atom. The van der Waals surface area contributed by atoms with Gasteiger partial charge in [-0.3, -0.25) is 0 Å². The van der Waals surface area contributed by atoms with E-state index < -0.39 is 0 Å². The third-order valence-corrected chi connectivity index (χ3v) is 14.3. The summed E-state index contributed by atoms with van der Waals surface area (Å²) in [4.78, 5) is 16.4. The van der Waals surface area contributed by atoms with Gasteiger partial charge in [-0.25, -0.2) is 15.0 Å². The predicted molar refractivity (Wildman–Crippen MR) is 295 cm³/mol. The van der Waals surface area contributed by atoms with Gasteiger partial charge in [-0.1, -0.05) is 194 Å². The second kappa shape index (κ2) is 16.7. The summed E-state index contributed by atoms with van der Waals surface area (Å²) in [6, 6.07) is 71.4. The maximum Gasteiger partial charge on any atom is 0.166 e. The second-order valence-electron chi connectivity index (χ2n) is 18.4. The molecule has 0 saturated carbocycles. The van der Waals surface area contributed by atoms with Crippen LogP contribution in [0.5, 0.6) is 0 Å². The second-order valence-corrected chi connectivity index (χ2v) is 18.4. The molecule has 0 amide bonds. The molecular weight excluding hydrogens is 863 g/mol. The fourth-order valence-electron chi connectivity index (χ4n) is 11.1. The zero-order chi connectivity index (χ0) is 46.8. The first-order valence-electron chi connectivity index (χ1n) is 24.4. The minimum absolute atomic E-state index is 0.597. The fraction of sp³-hybridized carbons (Fsp3) is 0.0455. The van der Waals surface area contributed by atoms with Crippen molar-refractivity contribution in [3.05, 3.63) is 235 Å². The van der Waals surface area contributed by atoms with E-state index in [0.29, 0.717) is 23.9 Å². The normalized spacial score (nSPS) is 13.3. The summed E-state index contributed by atoms with van der Waals surface area (Å²) in [5.41, 5.74) is 15.5. The molecular formula is C66H43N5. The molecule has 0 N–H and O–H groups in total. The number of hydrogen-bond acceptors (Lipinski definition) is 3. The number of benzene rings is 9. The highest BCUT2D eigenvalue weighted by molar-refractivity contribution is 6.14. The molecule has 0 spiro atoms. The summed E-state index contributed by atoms with van der Waals surface area (Å²) in [6.45, 7) is 0. The fourth-order valence-corrected chi connectivity index (χ4v) is 11.1. The Bertz CT molecular complexity index is 4310. The van der Waals surface area contributed by atoms with Gasteiger partial charge in [0.15, 0.2) is 17.5 Å². The highest BCUT2D eigenvalue weighted by Crippen LogP contribution is 2.44. The molecule has 14 rings (SSSR count). The van der Waals surface area contributed by atoms with Crippen LogP contribution in [-0.2, 0) is 6.42 Å². The van der Waals surface area contributed by atoms with Gasteiger partial charge in [-0.15, -0.1) is 0 Å². The van der Waals surface area contributed by atoms with E-state index in [1.807, 2.05) is 0 Å². The SMILES string of the molecule is C1#CCC(n2c3ccccc3c3cccc(-n4c5c(c6cccc(-c7nc(-c8ccc9ccccc9c8)nc(-c8ccc(-c9ccccc9)c9ccccc89)n7)c64)C=CCC5)c32)=CC(c2ccccc2)=C1. The Kier molecular flexibility index (Phi) is 9.57. The summed E-state index contributed by atoms with van der Waals surface area (Å²) in [5, 5.41) is 8.07. The van der Waals surface area contributed by atoms with Crippen molar-refractivity contribution in [1.82, 2.24) is 24.1 Å². The summed E-state index contributed by atoms with van der Waals surface area (Å²) in [7, 11) is 0. The average molecular weight is 906 g/mol. The molecule has 0 radical (unpaired) electrons.